The number of rotatable bonds is 0. The van der Waals surface area contributed by atoms with Crippen LogP contribution < -0.4 is 4.90 Å². The first-order valence-corrected chi connectivity index (χ1v) is 5.73. The molecule has 16 heavy (non-hydrogen) atoms. The smallest absolute Gasteiger partial charge is 0.0991 e. The maximum absolute atomic E-state index is 8.93. The first kappa shape index (κ1) is 11.0. The maximum atomic E-state index is 8.93. The van der Waals surface area contributed by atoms with Gasteiger partial charge in [-0.05, 0) is 49.9 Å². The highest BCUT2D eigenvalue weighted by molar-refractivity contribution is 5.61. The van der Waals surface area contributed by atoms with E-state index in [1.165, 1.54) is 11.3 Å². The molecule has 2 nitrogen and oxygen atoms in total. The van der Waals surface area contributed by atoms with Crippen molar-refractivity contribution in [1.29, 1.82) is 5.26 Å². The molecular weight excluding hydrogens is 196 g/mol. The molecule has 1 aromatic rings. The normalized spacial score (nSPS) is 22.4. The number of benzene rings is 1. The SMILES string of the molecule is CC1CC(C)(C)N(C)c2ccc(C#N)cc21. The summed E-state index contributed by atoms with van der Waals surface area (Å²) in [5, 5.41) is 8.93. The quantitative estimate of drug-likeness (QED) is 0.662. The highest BCUT2D eigenvalue weighted by Crippen LogP contribution is 2.42. The monoisotopic (exact) mass is 214 g/mol. The van der Waals surface area contributed by atoms with E-state index in [2.05, 4.69) is 44.9 Å². The molecule has 2 heteroatoms. The van der Waals surface area contributed by atoms with Crippen LogP contribution >= 0.6 is 0 Å². The maximum Gasteiger partial charge on any atom is 0.0991 e. The van der Waals surface area contributed by atoms with Gasteiger partial charge in [-0.1, -0.05) is 6.92 Å². The molecule has 0 radical (unpaired) electrons. The Balaban J connectivity index is 2.55. The number of nitrogens with zero attached hydrogens (tertiary/aromatic N) is 2. The Kier molecular flexibility index (Phi) is 2.42. The topological polar surface area (TPSA) is 27.0 Å². The van der Waals surface area contributed by atoms with E-state index in [0.717, 1.165) is 12.0 Å². The molecule has 0 aromatic heterocycles. The average molecular weight is 214 g/mol. The first-order valence-electron chi connectivity index (χ1n) is 5.73. The zero-order chi connectivity index (χ0) is 11.9. The van der Waals surface area contributed by atoms with E-state index in [-0.39, 0.29) is 5.54 Å². The van der Waals surface area contributed by atoms with E-state index < -0.39 is 0 Å². The van der Waals surface area contributed by atoms with Gasteiger partial charge in [0.05, 0.1) is 11.6 Å². The Bertz CT molecular complexity index is 454. The molecule has 1 unspecified atom stereocenters. The second-order valence-corrected chi connectivity index (χ2v) is 5.36. The Morgan fingerprint density at radius 2 is 2.12 bits per heavy atom. The summed E-state index contributed by atoms with van der Waals surface area (Å²) in [4.78, 5) is 2.32. The van der Waals surface area contributed by atoms with Crippen molar-refractivity contribution < 1.29 is 0 Å². The molecule has 84 valence electrons. The molecule has 0 saturated heterocycles. The third kappa shape index (κ3) is 1.57. The summed E-state index contributed by atoms with van der Waals surface area (Å²) in [6.45, 7) is 6.78. The molecule has 1 heterocycles. The summed E-state index contributed by atoms with van der Waals surface area (Å²) < 4.78 is 0. The molecule has 1 aliphatic heterocycles. The van der Waals surface area contributed by atoms with Gasteiger partial charge in [-0.15, -0.1) is 0 Å². The number of hydrogen-bond donors (Lipinski definition) is 0. The van der Waals surface area contributed by atoms with Crippen molar-refractivity contribution in [2.75, 3.05) is 11.9 Å². The predicted octanol–water partition coefficient (Wildman–Crippen LogP) is 3.28. The Morgan fingerprint density at radius 3 is 2.75 bits per heavy atom. The van der Waals surface area contributed by atoms with Crippen molar-refractivity contribution in [3.05, 3.63) is 29.3 Å². The van der Waals surface area contributed by atoms with Gasteiger partial charge in [0.2, 0.25) is 0 Å². The Labute approximate surface area is 97.5 Å². The minimum absolute atomic E-state index is 0.195. The third-order valence-electron chi connectivity index (χ3n) is 3.76. The van der Waals surface area contributed by atoms with E-state index in [0.29, 0.717) is 5.92 Å². The first-order chi connectivity index (χ1) is 7.45. The van der Waals surface area contributed by atoms with Crippen LogP contribution in [0, 0.1) is 11.3 Å². The van der Waals surface area contributed by atoms with E-state index in [1.54, 1.807) is 0 Å². The van der Waals surface area contributed by atoms with Crippen LogP contribution in [0.4, 0.5) is 5.69 Å². The van der Waals surface area contributed by atoms with Crippen LogP contribution in [0.3, 0.4) is 0 Å². The van der Waals surface area contributed by atoms with Gasteiger partial charge in [0.1, 0.15) is 0 Å². The summed E-state index contributed by atoms with van der Waals surface area (Å²) in [7, 11) is 2.14. The minimum atomic E-state index is 0.195. The van der Waals surface area contributed by atoms with Crippen molar-refractivity contribution in [3.8, 4) is 6.07 Å². The van der Waals surface area contributed by atoms with Gasteiger partial charge in [0, 0.05) is 18.3 Å². The lowest BCUT2D eigenvalue weighted by atomic mass is 9.80. The highest BCUT2D eigenvalue weighted by Gasteiger charge is 2.33. The predicted molar refractivity (Wildman–Crippen MR) is 66.7 cm³/mol. The summed E-state index contributed by atoms with van der Waals surface area (Å²) in [5.41, 5.74) is 3.53. The number of fused-ring (bicyclic) bond motifs is 1. The van der Waals surface area contributed by atoms with E-state index in [1.807, 2.05) is 12.1 Å². The molecule has 0 spiro atoms. The Hall–Kier alpha value is -1.49. The third-order valence-corrected chi connectivity index (χ3v) is 3.76. The highest BCUT2D eigenvalue weighted by atomic mass is 15.2. The fourth-order valence-electron chi connectivity index (χ4n) is 2.65. The van der Waals surface area contributed by atoms with Gasteiger partial charge in [-0.2, -0.15) is 5.26 Å². The standard InChI is InChI=1S/C14H18N2/c1-10-8-14(2,3)16(4)13-6-5-11(9-15)7-12(10)13/h5-7,10H,8H2,1-4H3. The van der Waals surface area contributed by atoms with Crippen LogP contribution in [-0.4, -0.2) is 12.6 Å². The van der Waals surface area contributed by atoms with E-state index in [9.17, 15) is 0 Å². The molecule has 0 bridgehead atoms. The van der Waals surface area contributed by atoms with Crippen molar-refractivity contribution in [3.63, 3.8) is 0 Å². The molecule has 0 fully saturated rings. The molecule has 0 saturated carbocycles. The lowest BCUT2D eigenvalue weighted by Crippen LogP contribution is -2.45. The molecule has 2 rings (SSSR count). The number of hydrogen-bond acceptors (Lipinski definition) is 2. The van der Waals surface area contributed by atoms with Gasteiger partial charge >= 0.3 is 0 Å². The molecule has 0 amide bonds. The van der Waals surface area contributed by atoms with Crippen LogP contribution in [0.25, 0.3) is 0 Å². The second-order valence-electron chi connectivity index (χ2n) is 5.36. The van der Waals surface area contributed by atoms with E-state index in [4.69, 9.17) is 5.26 Å². The van der Waals surface area contributed by atoms with Crippen molar-refractivity contribution in [2.24, 2.45) is 0 Å². The zero-order valence-electron chi connectivity index (χ0n) is 10.4. The van der Waals surface area contributed by atoms with Crippen molar-refractivity contribution >= 4 is 5.69 Å². The van der Waals surface area contributed by atoms with Crippen LogP contribution in [0.2, 0.25) is 0 Å². The van der Waals surface area contributed by atoms with Crippen molar-refractivity contribution in [2.45, 2.75) is 38.6 Å². The molecule has 0 aliphatic carbocycles. The number of nitriles is 1. The van der Waals surface area contributed by atoms with Gasteiger partial charge in [-0.25, -0.2) is 0 Å². The fraction of sp³-hybridized carbons (Fsp3) is 0.500. The summed E-state index contributed by atoms with van der Waals surface area (Å²) >= 11 is 0. The molecular formula is C14H18N2. The fourth-order valence-corrected chi connectivity index (χ4v) is 2.65. The van der Waals surface area contributed by atoms with Gasteiger partial charge in [0.15, 0.2) is 0 Å². The van der Waals surface area contributed by atoms with Gasteiger partial charge in [-0.3, -0.25) is 0 Å². The number of anilines is 1. The van der Waals surface area contributed by atoms with Gasteiger partial charge < -0.3 is 4.90 Å². The lowest BCUT2D eigenvalue weighted by molar-refractivity contribution is 0.395. The summed E-state index contributed by atoms with van der Waals surface area (Å²) in [5.74, 6) is 0.523. The lowest BCUT2D eigenvalue weighted by Gasteiger charge is -2.45. The van der Waals surface area contributed by atoms with Crippen LogP contribution in [0.15, 0.2) is 18.2 Å². The summed E-state index contributed by atoms with van der Waals surface area (Å²) in [6, 6.07) is 8.23. The largest absolute Gasteiger partial charge is 0.369 e. The minimum Gasteiger partial charge on any atom is -0.369 e. The van der Waals surface area contributed by atoms with Crippen LogP contribution in [0.5, 0.6) is 0 Å². The second kappa shape index (κ2) is 3.52. The molecule has 0 N–H and O–H groups in total. The summed E-state index contributed by atoms with van der Waals surface area (Å²) in [6.07, 6.45) is 1.13. The van der Waals surface area contributed by atoms with Crippen molar-refractivity contribution in [1.82, 2.24) is 0 Å². The molecule has 1 aromatic carbocycles. The van der Waals surface area contributed by atoms with Crippen LogP contribution in [0.1, 0.15) is 44.2 Å². The Morgan fingerprint density at radius 1 is 1.44 bits per heavy atom. The molecule has 1 atom stereocenters. The van der Waals surface area contributed by atoms with Gasteiger partial charge in [0.25, 0.3) is 0 Å². The zero-order valence-corrected chi connectivity index (χ0v) is 10.4. The van der Waals surface area contributed by atoms with E-state index >= 15 is 0 Å². The van der Waals surface area contributed by atoms with Crippen LogP contribution in [-0.2, 0) is 0 Å². The molecule has 1 aliphatic rings. The average Bonchev–Trinajstić information content (AvgIpc) is 2.25.